The Hall–Kier alpha value is -2.34. The predicted molar refractivity (Wildman–Crippen MR) is 98.9 cm³/mol. The molecule has 0 spiro atoms. The SMILES string of the molecule is COc1ccccc1CCNc1nccc(NCCCN(C)C)n1. The first-order valence-electron chi connectivity index (χ1n) is 8.26. The molecule has 2 rings (SSSR count). The number of para-hydroxylation sites is 1. The summed E-state index contributed by atoms with van der Waals surface area (Å²) in [5.41, 5.74) is 1.17. The second-order valence-corrected chi connectivity index (χ2v) is 5.84. The van der Waals surface area contributed by atoms with Gasteiger partial charge >= 0.3 is 0 Å². The number of hydrogen-bond donors (Lipinski definition) is 2. The van der Waals surface area contributed by atoms with Crippen molar-refractivity contribution in [2.75, 3.05) is 51.5 Å². The van der Waals surface area contributed by atoms with E-state index in [4.69, 9.17) is 4.74 Å². The lowest BCUT2D eigenvalue weighted by Gasteiger charge is -2.11. The van der Waals surface area contributed by atoms with E-state index >= 15 is 0 Å². The van der Waals surface area contributed by atoms with Crippen molar-refractivity contribution >= 4 is 11.8 Å². The van der Waals surface area contributed by atoms with E-state index in [1.165, 1.54) is 5.56 Å². The molecule has 1 aromatic heterocycles. The molecule has 1 heterocycles. The fourth-order valence-corrected chi connectivity index (χ4v) is 2.37. The van der Waals surface area contributed by atoms with Crippen LogP contribution in [-0.2, 0) is 6.42 Å². The van der Waals surface area contributed by atoms with Crippen LogP contribution < -0.4 is 15.4 Å². The van der Waals surface area contributed by atoms with Gasteiger partial charge in [0.05, 0.1) is 7.11 Å². The van der Waals surface area contributed by atoms with E-state index in [9.17, 15) is 0 Å². The Balaban J connectivity index is 1.79. The van der Waals surface area contributed by atoms with E-state index in [1.54, 1.807) is 13.3 Å². The van der Waals surface area contributed by atoms with Gasteiger partial charge in [-0.05, 0) is 51.2 Å². The van der Waals surface area contributed by atoms with Crippen molar-refractivity contribution in [3.63, 3.8) is 0 Å². The number of benzene rings is 1. The summed E-state index contributed by atoms with van der Waals surface area (Å²) >= 11 is 0. The topological polar surface area (TPSA) is 62.3 Å². The Bertz CT molecular complexity index is 618. The average Bonchev–Trinajstić information content (AvgIpc) is 2.59. The number of methoxy groups -OCH3 is 1. The molecule has 0 aliphatic heterocycles. The van der Waals surface area contributed by atoms with Gasteiger partial charge in [-0.1, -0.05) is 18.2 Å². The molecule has 130 valence electrons. The highest BCUT2D eigenvalue weighted by Crippen LogP contribution is 2.17. The normalized spacial score (nSPS) is 10.7. The molecule has 6 nitrogen and oxygen atoms in total. The highest BCUT2D eigenvalue weighted by molar-refractivity contribution is 5.40. The molecule has 0 unspecified atom stereocenters. The summed E-state index contributed by atoms with van der Waals surface area (Å²) in [6.07, 6.45) is 3.70. The van der Waals surface area contributed by atoms with Gasteiger partial charge in [0.25, 0.3) is 0 Å². The third kappa shape index (κ3) is 6.04. The fraction of sp³-hybridized carbons (Fsp3) is 0.444. The minimum Gasteiger partial charge on any atom is -0.496 e. The van der Waals surface area contributed by atoms with Gasteiger partial charge in [0, 0.05) is 19.3 Å². The third-order valence-electron chi connectivity index (χ3n) is 3.61. The number of nitrogens with one attached hydrogen (secondary N) is 2. The van der Waals surface area contributed by atoms with Crippen molar-refractivity contribution < 1.29 is 4.74 Å². The minimum absolute atomic E-state index is 0.641. The highest BCUT2D eigenvalue weighted by atomic mass is 16.5. The third-order valence-corrected chi connectivity index (χ3v) is 3.61. The van der Waals surface area contributed by atoms with Crippen LogP contribution in [0.15, 0.2) is 36.5 Å². The Kier molecular flexibility index (Phi) is 7.29. The van der Waals surface area contributed by atoms with Crippen molar-refractivity contribution in [3.8, 4) is 5.75 Å². The second kappa shape index (κ2) is 9.72. The maximum absolute atomic E-state index is 5.37. The molecular weight excluding hydrogens is 302 g/mol. The predicted octanol–water partition coefficient (Wildman–Crippen LogP) is 2.50. The molecule has 0 aliphatic rings. The van der Waals surface area contributed by atoms with Crippen molar-refractivity contribution in [1.82, 2.24) is 14.9 Å². The van der Waals surface area contributed by atoms with Crippen molar-refractivity contribution in [3.05, 3.63) is 42.1 Å². The zero-order valence-corrected chi connectivity index (χ0v) is 14.7. The van der Waals surface area contributed by atoms with Gasteiger partial charge in [-0.15, -0.1) is 0 Å². The molecule has 0 fully saturated rings. The number of anilines is 2. The van der Waals surface area contributed by atoms with Gasteiger partial charge in [0.15, 0.2) is 0 Å². The van der Waals surface area contributed by atoms with Gasteiger partial charge in [-0.2, -0.15) is 4.98 Å². The first kappa shape index (κ1) is 18.0. The Morgan fingerprint density at radius 3 is 2.71 bits per heavy atom. The van der Waals surface area contributed by atoms with Gasteiger partial charge < -0.3 is 20.3 Å². The van der Waals surface area contributed by atoms with Gasteiger partial charge in [0.2, 0.25) is 5.95 Å². The Morgan fingerprint density at radius 2 is 1.92 bits per heavy atom. The molecule has 1 aromatic carbocycles. The number of aromatic nitrogens is 2. The maximum Gasteiger partial charge on any atom is 0.224 e. The largest absolute Gasteiger partial charge is 0.496 e. The highest BCUT2D eigenvalue weighted by Gasteiger charge is 2.03. The van der Waals surface area contributed by atoms with Crippen LogP contribution in [0.25, 0.3) is 0 Å². The molecule has 0 saturated carbocycles. The minimum atomic E-state index is 0.641. The van der Waals surface area contributed by atoms with Crippen LogP contribution in [0.4, 0.5) is 11.8 Å². The van der Waals surface area contributed by atoms with Gasteiger partial charge in [-0.25, -0.2) is 4.98 Å². The van der Waals surface area contributed by atoms with Crippen LogP contribution in [0.5, 0.6) is 5.75 Å². The molecule has 6 heteroatoms. The monoisotopic (exact) mass is 329 g/mol. The Labute approximate surface area is 144 Å². The molecule has 0 atom stereocenters. The maximum atomic E-state index is 5.37. The average molecular weight is 329 g/mol. The van der Waals surface area contributed by atoms with E-state index in [-0.39, 0.29) is 0 Å². The number of rotatable bonds is 10. The first-order chi connectivity index (χ1) is 11.7. The summed E-state index contributed by atoms with van der Waals surface area (Å²) in [7, 11) is 5.85. The van der Waals surface area contributed by atoms with Gasteiger partial charge in [-0.3, -0.25) is 0 Å². The molecule has 0 radical (unpaired) electrons. The van der Waals surface area contributed by atoms with E-state index in [1.807, 2.05) is 24.3 Å². The lowest BCUT2D eigenvalue weighted by Crippen LogP contribution is -2.17. The zero-order chi connectivity index (χ0) is 17.2. The van der Waals surface area contributed by atoms with Crippen molar-refractivity contribution in [2.45, 2.75) is 12.8 Å². The molecular formula is C18H27N5O. The van der Waals surface area contributed by atoms with Crippen LogP contribution in [-0.4, -0.2) is 55.7 Å². The molecule has 24 heavy (non-hydrogen) atoms. The summed E-state index contributed by atoms with van der Waals surface area (Å²) in [6.45, 7) is 2.71. The van der Waals surface area contributed by atoms with E-state index in [0.29, 0.717) is 5.95 Å². The molecule has 0 amide bonds. The molecule has 2 N–H and O–H groups in total. The van der Waals surface area contributed by atoms with Gasteiger partial charge in [0.1, 0.15) is 11.6 Å². The Morgan fingerprint density at radius 1 is 1.08 bits per heavy atom. The van der Waals surface area contributed by atoms with Crippen LogP contribution in [0.2, 0.25) is 0 Å². The van der Waals surface area contributed by atoms with Crippen LogP contribution >= 0.6 is 0 Å². The quantitative estimate of drug-likeness (QED) is 0.653. The lowest BCUT2D eigenvalue weighted by atomic mass is 10.1. The second-order valence-electron chi connectivity index (χ2n) is 5.84. The first-order valence-corrected chi connectivity index (χ1v) is 8.26. The van der Waals surface area contributed by atoms with Crippen LogP contribution in [0.1, 0.15) is 12.0 Å². The smallest absolute Gasteiger partial charge is 0.224 e. The van der Waals surface area contributed by atoms with E-state index in [2.05, 4.69) is 45.7 Å². The van der Waals surface area contributed by atoms with E-state index in [0.717, 1.165) is 44.0 Å². The molecule has 0 bridgehead atoms. The lowest BCUT2D eigenvalue weighted by molar-refractivity contribution is 0.405. The molecule has 0 saturated heterocycles. The summed E-state index contributed by atoms with van der Waals surface area (Å²) in [4.78, 5) is 10.9. The van der Waals surface area contributed by atoms with Crippen LogP contribution in [0, 0.1) is 0 Å². The van der Waals surface area contributed by atoms with Crippen molar-refractivity contribution in [1.29, 1.82) is 0 Å². The molecule has 0 aliphatic carbocycles. The number of hydrogen-bond acceptors (Lipinski definition) is 6. The fourth-order valence-electron chi connectivity index (χ4n) is 2.37. The van der Waals surface area contributed by atoms with E-state index < -0.39 is 0 Å². The summed E-state index contributed by atoms with van der Waals surface area (Å²) in [5.74, 6) is 2.41. The number of ether oxygens (including phenoxy) is 1. The summed E-state index contributed by atoms with van der Waals surface area (Å²) in [6, 6.07) is 9.94. The van der Waals surface area contributed by atoms with Crippen LogP contribution in [0.3, 0.4) is 0 Å². The zero-order valence-electron chi connectivity index (χ0n) is 14.7. The number of nitrogens with zero attached hydrogens (tertiary/aromatic N) is 3. The standard InChI is InChI=1S/C18H27N5O/c1-23(2)14-6-11-19-17-10-13-21-18(22-17)20-12-9-15-7-4-5-8-16(15)24-3/h4-5,7-8,10,13H,6,9,11-12,14H2,1-3H3,(H2,19,20,21,22). The van der Waals surface area contributed by atoms with Crippen molar-refractivity contribution in [2.24, 2.45) is 0 Å². The summed E-state index contributed by atoms with van der Waals surface area (Å²) < 4.78 is 5.37. The molecule has 2 aromatic rings. The summed E-state index contributed by atoms with van der Waals surface area (Å²) in [5, 5.41) is 6.60.